The Morgan fingerprint density at radius 3 is 2.87 bits per heavy atom. The van der Waals surface area contributed by atoms with E-state index >= 15 is 0 Å². The fraction of sp³-hybridized carbons (Fsp3) is 1.00. The number of aliphatic hydroxyl groups excluding tert-OH is 1. The van der Waals surface area contributed by atoms with Gasteiger partial charge in [-0.05, 0) is 52.2 Å². The van der Waals surface area contributed by atoms with Crippen LogP contribution in [0.3, 0.4) is 0 Å². The number of hydrogen-bond acceptors (Lipinski definition) is 3. The summed E-state index contributed by atoms with van der Waals surface area (Å²) in [4.78, 5) is 2.62. The zero-order valence-electron chi connectivity index (χ0n) is 10.0. The van der Waals surface area contributed by atoms with E-state index in [2.05, 4.69) is 10.2 Å². The highest BCUT2D eigenvalue weighted by Crippen LogP contribution is 2.17. The molecule has 1 fully saturated rings. The third-order valence-electron chi connectivity index (χ3n) is 3.29. The van der Waals surface area contributed by atoms with Crippen molar-refractivity contribution in [2.24, 2.45) is 0 Å². The molecule has 0 spiro atoms. The number of aliphatic hydroxyl groups is 1. The second kappa shape index (κ2) is 8.08. The number of likely N-dealkylation sites (N-methyl/N-ethyl adjacent to an activating group) is 1. The molecular weight excluding hydrogens is 188 g/mol. The highest BCUT2D eigenvalue weighted by molar-refractivity contribution is 4.78. The van der Waals surface area contributed by atoms with Crippen LogP contribution in [0.2, 0.25) is 0 Å². The van der Waals surface area contributed by atoms with Gasteiger partial charge in [0.1, 0.15) is 0 Å². The SMILES string of the molecule is CNCC1CCCCN1CCCCCO. The lowest BCUT2D eigenvalue weighted by Crippen LogP contribution is -2.45. The largest absolute Gasteiger partial charge is 0.396 e. The Labute approximate surface area is 93.9 Å². The maximum absolute atomic E-state index is 8.72. The third kappa shape index (κ3) is 4.96. The van der Waals surface area contributed by atoms with E-state index in [9.17, 15) is 0 Å². The first-order valence-corrected chi connectivity index (χ1v) is 6.38. The van der Waals surface area contributed by atoms with E-state index in [0.29, 0.717) is 6.61 Å². The normalized spacial score (nSPS) is 23.2. The van der Waals surface area contributed by atoms with Gasteiger partial charge in [-0.3, -0.25) is 4.90 Å². The van der Waals surface area contributed by atoms with Crippen LogP contribution in [0.4, 0.5) is 0 Å². The third-order valence-corrected chi connectivity index (χ3v) is 3.29. The number of hydrogen-bond donors (Lipinski definition) is 2. The number of likely N-dealkylation sites (tertiary alicyclic amines) is 1. The molecule has 1 atom stereocenters. The van der Waals surface area contributed by atoms with E-state index in [4.69, 9.17) is 5.11 Å². The molecular formula is C12H26N2O. The number of nitrogens with zero attached hydrogens (tertiary/aromatic N) is 1. The molecule has 1 rings (SSSR count). The summed E-state index contributed by atoms with van der Waals surface area (Å²) < 4.78 is 0. The van der Waals surface area contributed by atoms with Crippen molar-refractivity contribution in [3.8, 4) is 0 Å². The van der Waals surface area contributed by atoms with Gasteiger partial charge in [-0.15, -0.1) is 0 Å². The Hall–Kier alpha value is -0.120. The van der Waals surface area contributed by atoms with Crippen molar-refractivity contribution < 1.29 is 5.11 Å². The zero-order valence-corrected chi connectivity index (χ0v) is 10.0. The molecule has 0 aliphatic carbocycles. The smallest absolute Gasteiger partial charge is 0.0431 e. The minimum Gasteiger partial charge on any atom is -0.396 e. The monoisotopic (exact) mass is 214 g/mol. The van der Waals surface area contributed by atoms with Gasteiger partial charge >= 0.3 is 0 Å². The molecule has 2 N–H and O–H groups in total. The molecule has 0 aromatic rings. The van der Waals surface area contributed by atoms with Crippen molar-refractivity contribution in [3.63, 3.8) is 0 Å². The molecule has 1 saturated heterocycles. The minimum atomic E-state index is 0.347. The molecule has 3 heteroatoms. The van der Waals surface area contributed by atoms with Crippen molar-refractivity contribution in [2.45, 2.75) is 44.6 Å². The van der Waals surface area contributed by atoms with E-state index in [1.807, 2.05) is 7.05 Å². The molecule has 1 unspecified atom stereocenters. The van der Waals surface area contributed by atoms with Crippen molar-refractivity contribution in [3.05, 3.63) is 0 Å². The Balaban J connectivity index is 2.17. The van der Waals surface area contributed by atoms with Gasteiger partial charge < -0.3 is 10.4 Å². The number of unbranched alkanes of at least 4 members (excludes halogenated alkanes) is 2. The van der Waals surface area contributed by atoms with Gasteiger partial charge in [0.25, 0.3) is 0 Å². The Bertz CT molecular complexity index is 151. The van der Waals surface area contributed by atoms with Crippen LogP contribution in [0.15, 0.2) is 0 Å². The maximum atomic E-state index is 8.72. The second-order valence-electron chi connectivity index (χ2n) is 4.53. The number of rotatable bonds is 7. The van der Waals surface area contributed by atoms with Gasteiger partial charge in [0.2, 0.25) is 0 Å². The van der Waals surface area contributed by atoms with Crippen LogP contribution in [0.5, 0.6) is 0 Å². The lowest BCUT2D eigenvalue weighted by molar-refractivity contribution is 0.143. The summed E-state index contributed by atoms with van der Waals surface area (Å²) in [6.45, 7) is 3.96. The van der Waals surface area contributed by atoms with E-state index in [1.165, 1.54) is 45.2 Å². The summed E-state index contributed by atoms with van der Waals surface area (Å²) >= 11 is 0. The lowest BCUT2D eigenvalue weighted by atomic mass is 10.0. The van der Waals surface area contributed by atoms with Gasteiger partial charge in [-0.1, -0.05) is 6.42 Å². The molecule has 1 heterocycles. The minimum absolute atomic E-state index is 0.347. The molecule has 15 heavy (non-hydrogen) atoms. The summed E-state index contributed by atoms with van der Waals surface area (Å²) in [5.74, 6) is 0. The molecule has 0 amide bonds. The molecule has 0 aromatic heterocycles. The Kier molecular flexibility index (Phi) is 6.98. The van der Waals surface area contributed by atoms with Crippen molar-refractivity contribution in [2.75, 3.05) is 33.3 Å². The molecule has 1 aliphatic heterocycles. The first-order valence-electron chi connectivity index (χ1n) is 6.38. The number of nitrogens with one attached hydrogen (secondary N) is 1. The number of piperidine rings is 1. The average molecular weight is 214 g/mol. The molecule has 0 aromatic carbocycles. The first kappa shape index (κ1) is 12.9. The molecule has 0 bridgehead atoms. The highest BCUT2D eigenvalue weighted by Gasteiger charge is 2.20. The van der Waals surface area contributed by atoms with E-state index in [-0.39, 0.29) is 0 Å². The van der Waals surface area contributed by atoms with Crippen LogP contribution < -0.4 is 5.32 Å². The van der Waals surface area contributed by atoms with Crippen LogP contribution in [0, 0.1) is 0 Å². The fourth-order valence-corrected chi connectivity index (χ4v) is 2.42. The highest BCUT2D eigenvalue weighted by atomic mass is 16.2. The van der Waals surface area contributed by atoms with Gasteiger partial charge in [-0.2, -0.15) is 0 Å². The second-order valence-corrected chi connectivity index (χ2v) is 4.53. The van der Waals surface area contributed by atoms with Crippen LogP contribution in [-0.2, 0) is 0 Å². The van der Waals surface area contributed by atoms with Gasteiger partial charge in [0.05, 0.1) is 0 Å². The quantitative estimate of drug-likeness (QED) is 0.626. The lowest BCUT2D eigenvalue weighted by Gasteiger charge is -2.35. The van der Waals surface area contributed by atoms with Crippen LogP contribution in [0.25, 0.3) is 0 Å². The molecule has 0 radical (unpaired) electrons. The van der Waals surface area contributed by atoms with Crippen molar-refractivity contribution >= 4 is 0 Å². The Morgan fingerprint density at radius 1 is 1.27 bits per heavy atom. The summed E-state index contributed by atoms with van der Waals surface area (Å²) in [5.41, 5.74) is 0. The standard InChI is InChI=1S/C12H26N2O/c1-13-11-12-7-3-5-9-14(12)8-4-2-6-10-15/h12-13,15H,2-11H2,1H3. The topological polar surface area (TPSA) is 35.5 Å². The van der Waals surface area contributed by atoms with Gasteiger partial charge in [0, 0.05) is 19.2 Å². The van der Waals surface area contributed by atoms with Crippen LogP contribution >= 0.6 is 0 Å². The molecule has 0 saturated carbocycles. The van der Waals surface area contributed by atoms with E-state index in [1.54, 1.807) is 0 Å². The molecule has 3 nitrogen and oxygen atoms in total. The van der Waals surface area contributed by atoms with Crippen LogP contribution in [0.1, 0.15) is 38.5 Å². The predicted octanol–water partition coefficient (Wildman–Crippen LogP) is 1.22. The predicted molar refractivity (Wildman–Crippen MR) is 64.1 cm³/mol. The zero-order chi connectivity index (χ0) is 10.9. The summed E-state index contributed by atoms with van der Waals surface area (Å²) in [5, 5.41) is 12.0. The Morgan fingerprint density at radius 2 is 2.13 bits per heavy atom. The van der Waals surface area contributed by atoms with Crippen molar-refractivity contribution in [1.29, 1.82) is 0 Å². The van der Waals surface area contributed by atoms with E-state index in [0.717, 1.165) is 19.0 Å². The summed E-state index contributed by atoms with van der Waals surface area (Å²) in [6, 6.07) is 0.748. The van der Waals surface area contributed by atoms with Crippen molar-refractivity contribution in [1.82, 2.24) is 10.2 Å². The molecule has 90 valence electrons. The van der Waals surface area contributed by atoms with Gasteiger partial charge in [-0.25, -0.2) is 0 Å². The van der Waals surface area contributed by atoms with E-state index < -0.39 is 0 Å². The first-order chi connectivity index (χ1) is 7.38. The molecule has 1 aliphatic rings. The maximum Gasteiger partial charge on any atom is 0.0431 e. The average Bonchev–Trinajstić information content (AvgIpc) is 2.27. The summed E-state index contributed by atoms with van der Waals surface area (Å²) in [6.07, 6.45) is 7.46. The van der Waals surface area contributed by atoms with Crippen LogP contribution in [-0.4, -0.2) is 49.3 Å². The summed E-state index contributed by atoms with van der Waals surface area (Å²) in [7, 11) is 2.04. The fourth-order valence-electron chi connectivity index (χ4n) is 2.42. The van der Waals surface area contributed by atoms with Gasteiger partial charge in [0.15, 0.2) is 0 Å².